The van der Waals surface area contributed by atoms with Crippen LogP contribution in [0.4, 0.5) is 16.3 Å². The lowest BCUT2D eigenvalue weighted by Crippen LogP contribution is -2.21. The standard InChI is InChI=1S/C28H31Cl2N7O4/c1-28(2,3)22-14-23(36-35-22)34-27(39)33-17-6-7-20(25(30)24(17)29)41-19-8-9-32-18-13-21(40-11-10-37(4)5)16(26(31)38)12-15(18)19/h6-9,12-14H,10-11H2,1-5H3,(H2,31,38)(H3,33,34,35,36,39). The number of aromatic amines is 1. The molecular formula is C28H31Cl2N7O4. The number of pyridine rings is 1. The largest absolute Gasteiger partial charge is 0.491 e. The van der Waals surface area contributed by atoms with Crippen LogP contribution in [0, 0.1) is 0 Å². The summed E-state index contributed by atoms with van der Waals surface area (Å²) in [6, 6.07) is 9.17. The molecule has 4 aromatic rings. The maximum atomic E-state index is 12.6. The van der Waals surface area contributed by atoms with Gasteiger partial charge in [0.05, 0.1) is 21.8 Å². The molecule has 0 fully saturated rings. The van der Waals surface area contributed by atoms with Gasteiger partial charge in [0, 0.05) is 41.4 Å². The highest BCUT2D eigenvalue weighted by Gasteiger charge is 2.20. The van der Waals surface area contributed by atoms with Gasteiger partial charge in [-0.25, -0.2) is 4.79 Å². The van der Waals surface area contributed by atoms with E-state index in [9.17, 15) is 9.59 Å². The third kappa shape index (κ3) is 7.18. The molecule has 0 atom stereocenters. The van der Waals surface area contributed by atoms with Crippen molar-refractivity contribution in [2.24, 2.45) is 5.73 Å². The number of halogens is 2. The van der Waals surface area contributed by atoms with Crippen LogP contribution in [0.15, 0.2) is 42.6 Å². The molecular weight excluding hydrogens is 569 g/mol. The topological polar surface area (TPSA) is 147 Å². The van der Waals surface area contributed by atoms with Crippen LogP contribution >= 0.6 is 23.2 Å². The molecule has 0 saturated carbocycles. The van der Waals surface area contributed by atoms with E-state index < -0.39 is 11.9 Å². The second-order valence-corrected chi connectivity index (χ2v) is 11.3. The van der Waals surface area contributed by atoms with E-state index in [1.807, 2.05) is 39.8 Å². The summed E-state index contributed by atoms with van der Waals surface area (Å²) in [5.74, 6) is 0.628. The Hall–Kier alpha value is -4.06. The summed E-state index contributed by atoms with van der Waals surface area (Å²) in [5, 5.41) is 13.0. The Morgan fingerprint density at radius 3 is 2.44 bits per heavy atom. The normalized spacial score (nSPS) is 11.5. The Balaban J connectivity index is 1.54. The Kier molecular flexibility index (Phi) is 8.91. The first-order valence-corrected chi connectivity index (χ1v) is 13.4. The first kappa shape index (κ1) is 29.9. The molecule has 11 nitrogen and oxygen atoms in total. The van der Waals surface area contributed by atoms with E-state index in [0.29, 0.717) is 41.4 Å². The van der Waals surface area contributed by atoms with Crippen molar-refractivity contribution < 1.29 is 19.1 Å². The van der Waals surface area contributed by atoms with Crippen LogP contribution in [-0.2, 0) is 5.41 Å². The fourth-order valence-corrected chi connectivity index (χ4v) is 4.16. The average molecular weight is 601 g/mol. The number of likely N-dealkylation sites (N-methyl/N-ethyl adjacent to an activating group) is 1. The number of nitrogens with zero attached hydrogens (tertiary/aromatic N) is 3. The fraction of sp³-hybridized carbons (Fsp3) is 0.286. The van der Waals surface area contributed by atoms with Crippen molar-refractivity contribution in [3.8, 4) is 17.2 Å². The zero-order valence-electron chi connectivity index (χ0n) is 23.3. The number of fused-ring (bicyclic) bond motifs is 1. The third-order valence-electron chi connectivity index (χ3n) is 6.01. The molecule has 0 aliphatic rings. The maximum Gasteiger partial charge on any atom is 0.324 e. The number of aromatic nitrogens is 3. The van der Waals surface area contributed by atoms with E-state index in [-0.39, 0.29) is 32.5 Å². The molecule has 41 heavy (non-hydrogen) atoms. The van der Waals surface area contributed by atoms with Gasteiger partial charge in [-0.2, -0.15) is 5.10 Å². The summed E-state index contributed by atoms with van der Waals surface area (Å²) in [6.07, 6.45) is 1.56. The summed E-state index contributed by atoms with van der Waals surface area (Å²) >= 11 is 13.0. The van der Waals surface area contributed by atoms with E-state index in [1.165, 1.54) is 0 Å². The van der Waals surface area contributed by atoms with Crippen LogP contribution in [-0.4, -0.2) is 59.3 Å². The molecule has 4 rings (SSSR count). The molecule has 0 radical (unpaired) electrons. The molecule has 0 bridgehead atoms. The van der Waals surface area contributed by atoms with Gasteiger partial charge in [0.15, 0.2) is 5.82 Å². The molecule has 0 spiro atoms. The highest BCUT2D eigenvalue weighted by atomic mass is 35.5. The van der Waals surface area contributed by atoms with Crippen LogP contribution in [0.3, 0.4) is 0 Å². The first-order valence-electron chi connectivity index (χ1n) is 12.6. The van der Waals surface area contributed by atoms with Gasteiger partial charge in [0.1, 0.15) is 28.9 Å². The number of hydrogen-bond donors (Lipinski definition) is 4. The number of rotatable bonds is 9. The molecule has 2 heterocycles. The first-order chi connectivity index (χ1) is 19.3. The van der Waals surface area contributed by atoms with E-state index in [4.69, 9.17) is 38.4 Å². The minimum atomic E-state index is -0.652. The van der Waals surface area contributed by atoms with E-state index in [1.54, 1.807) is 42.6 Å². The lowest BCUT2D eigenvalue weighted by atomic mass is 9.92. The summed E-state index contributed by atoms with van der Waals surface area (Å²) in [7, 11) is 3.84. The molecule has 0 saturated heterocycles. The quantitative estimate of drug-likeness (QED) is 0.183. The minimum Gasteiger partial charge on any atom is -0.491 e. The van der Waals surface area contributed by atoms with E-state index in [2.05, 4.69) is 25.8 Å². The van der Waals surface area contributed by atoms with Crippen LogP contribution in [0.5, 0.6) is 17.2 Å². The van der Waals surface area contributed by atoms with Crippen LogP contribution in [0.2, 0.25) is 10.0 Å². The van der Waals surface area contributed by atoms with Crippen molar-refractivity contribution in [1.29, 1.82) is 0 Å². The van der Waals surface area contributed by atoms with E-state index >= 15 is 0 Å². The summed E-state index contributed by atoms with van der Waals surface area (Å²) < 4.78 is 11.9. The lowest BCUT2D eigenvalue weighted by Gasteiger charge is -2.16. The zero-order valence-corrected chi connectivity index (χ0v) is 24.8. The number of ether oxygens (including phenoxy) is 2. The fourth-order valence-electron chi connectivity index (χ4n) is 3.75. The highest BCUT2D eigenvalue weighted by molar-refractivity contribution is 6.45. The van der Waals surface area contributed by atoms with Gasteiger partial charge in [-0.1, -0.05) is 44.0 Å². The van der Waals surface area contributed by atoms with Crippen LogP contribution in [0.1, 0.15) is 36.8 Å². The van der Waals surface area contributed by atoms with Gasteiger partial charge >= 0.3 is 6.03 Å². The van der Waals surface area contributed by atoms with Crippen molar-refractivity contribution in [3.05, 3.63) is 63.9 Å². The maximum absolute atomic E-state index is 12.6. The van der Waals surface area contributed by atoms with Gasteiger partial charge in [0.2, 0.25) is 0 Å². The molecule has 5 N–H and O–H groups in total. The molecule has 0 aliphatic heterocycles. The van der Waals surface area contributed by atoms with Gasteiger partial charge in [-0.15, -0.1) is 0 Å². The van der Waals surface area contributed by atoms with Gasteiger partial charge < -0.3 is 25.4 Å². The van der Waals surface area contributed by atoms with Crippen molar-refractivity contribution in [2.75, 3.05) is 37.9 Å². The van der Waals surface area contributed by atoms with Crippen molar-refractivity contribution in [3.63, 3.8) is 0 Å². The number of carbonyl (C=O) groups is 2. The monoisotopic (exact) mass is 599 g/mol. The molecule has 2 aromatic heterocycles. The SMILES string of the molecule is CN(C)CCOc1cc2nccc(Oc3ccc(NC(=O)Nc4cc(C(C)(C)C)[nH]n4)c(Cl)c3Cl)c2cc1C(N)=O. The molecule has 216 valence electrons. The Labute approximate surface area is 247 Å². The second-order valence-electron chi connectivity index (χ2n) is 10.5. The third-order valence-corrected chi connectivity index (χ3v) is 6.87. The molecule has 13 heteroatoms. The van der Waals surface area contributed by atoms with Gasteiger partial charge in [-0.05, 0) is 38.4 Å². The number of nitrogens with one attached hydrogen (secondary N) is 3. The second kappa shape index (κ2) is 12.2. The minimum absolute atomic E-state index is 0.0722. The number of urea groups is 1. The average Bonchev–Trinajstić information content (AvgIpc) is 3.37. The highest BCUT2D eigenvalue weighted by Crippen LogP contribution is 2.41. The smallest absolute Gasteiger partial charge is 0.324 e. The molecule has 0 unspecified atom stereocenters. The number of H-pyrrole nitrogens is 1. The van der Waals surface area contributed by atoms with Gasteiger partial charge in [-0.3, -0.25) is 20.2 Å². The number of primary amides is 1. The number of benzene rings is 2. The van der Waals surface area contributed by atoms with Crippen molar-refractivity contribution >= 4 is 57.5 Å². The predicted octanol–water partition coefficient (Wildman–Crippen LogP) is 6.04. The number of amides is 3. The Morgan fingerprint density at radius 2 is 1.78 bits per heavy atom. The summed E-state index contributed by atoms with van der Waals surface area (Å²) in [6.45, 7) is 7.10. The Bertz CT molecular complexity index is 1600. The zero-order chi connectivity index (χ0) is 29.9. The van der Waals surface area contributed by atoms with Crippen molar-refractivity contribution in [1.82, 2.24) is 20.1 Å². The molecule has 0 aliphatic carbocycles. The molecule has 2 aromatic carbocycles. The van der Waals surface area contributed by atoms with Gasteiger partial charge in [0.25, 0.3) is 5.91 Å². The number of nitrogens with two attached hydrogens (primary N) is 1. The number of hydrogen-bond acceptors (Lipinski definition) is 7. The lowest BCUT2D eigenvalue weighted by molar-refractivity contribution is 0.0996. The van der Waals surface area contributed by atoms with Crippen LogP contribution in [0.25, 0.3) is 10.9 Å². The number of anilines is 2. The summed E-state index contributed by atoms with van der Waals surface area (Å²) in [4.78, 5) is 31.1. The van der Waals surface area contributed by atoms with Crippen LogP contribution < -0.4 is 25.8 Å². The Morgan fingerprint density at radius 1 is 1.02 bits per heavy atom. The van der Waals surface area contributed by atoms with E-state index in [0.717, 1.165) is 5.69 Å². The number of carbonyl (C=O) groups excluding carboxylic acids is 2. The predicted molar refractivity (Wildman–Crippen MR) is 161 cm³/mol. The summed E-state index contributed by atoms with van der Waals surface area (Å²) in [5.41, 5.74) is 7.33. The molecule has 3 amide bonds. The van der Waals surface area contributed by atoms with Crippen molar-refractivity contribution in [2.45, 2.75) is 26.2 Å².